The number of aliphatic hydroxyl groups excluding tert-OH is 1. The standard InChI is InChI=1S/C18H19ClFN7O2S2/c1-9-23-12(4-13(24-9)27-3-2-21-14(28)7-27)25-18-22-6-11(31-18)17(29)26-15-10(5-20)8-30-16(15)19/h4,6,8,17,26,29H,2-3,5,7H2,1H3,(H,21,28)(H,22,23,24,25). The Kier molecular flexibility index (Phi) is 6.51. The SMILES string of the molecule is Cc1nc(Nc2ncc(C(O)Nc3c(CF)csc3Cl)s2)cc(N2CCNC(=O)C2)n1. The lowest BCUT2D eigenvalue weighted by Crippen LogP contribution is -2.48. The van der Waals surface area contributed by atoms with Gasteiger partial charge in [0.1, 0.15) is 28.5 Å². The van der Waals surface area contributed by atoms with Crippen LogP contribution in [0.4, 0.5) is 26.8 Å². The average Bonchev–Trinajstić information content (AvgIpc) is 3.34. The maximum atomic E-state index is 13.1. The summed E-state index contributed by atoms with van der Waals surface area (Å²) in [6, 6.07) is 1.75. The molecule has 1 amide bonds. The zero-order valence-corrected chi connectivity index (χ0v) is 18.7. The topological polar surface area (TPSA) is 115 Å². The predicted molar refractivity (Wildman–Crippen MR) is 120 cm³/mol. The number of aromatic nitrogens is 3. The molecule has 0 saturated carbocycles. The second-order valence-electron chi connectivity index (χ2n) is 6.71. The van der Waals surface area contributed by atoms with E-state index in [-0.39, 0.29) is 12.5 Å². The molecule has 4 rings (SSSR count). The number of thiophene rings is 1. The first kappa shape index (κ1) is 21.7. The van der Waals surface area contributed by atoms with Crippen LogP contribution in [0, 0.1) is 6.92 Å². The average molecular weight is 484 g/mol. The van der Waals surface area contributed by atoms with E-state index in [0.717, 1.165) is 0 Å². The Labute approximate surface area is 190 Å². The van der Waals surface area contributed by atoms with Gasteiger partial charge in [-0.3, -0.25) is 4.79 Å². The molecule has 1 saturated heterocycles. The molecule has 0 radical (unpaired) electrons. The number of aliphatic hydroxyl groups is 1. The quantitative estimate of drug-likeness (QED) is 0.379. The van der Waals surface area contributed by atoms with Crippen LogP contribution in [0.1, 0.15) is 22.5 Å². The Bertz CT molecular complexity index is 1090. The van der Waals surface area contributed by atoms with E-state index in [0.29, 0.717) is 56.1 Å². The van der Waals surface area contributed by atoms with Crippen molar-refractivity contribution in [1.82, 2.24) is 20.3 Å². The normalized spacial score (nSPS) is 15.0. The highest BCUT2D eigenvalue weighted by Crippen LogP contribution is 2.36. The number of alkyl halides is 1. The molecule has 4 N–H and O–H groups in total. The fraction of sp³-hybridized carbons (Fsp3) is 0.333. The van der Waals surface area contributed by atoms with Gasteiger partial charge in [-0.05, 0) is 6.92 Å². The van der Waals surface area contributed by atoms with Crippen molar-refractivity contribution in [1.29, 1.82) is 0 Å². The molecule has 9 nitrogen and oxygen atoms in total. The van der Waals surface area contributed by atoms with Crippen LogP contribution in [0.5, 0.6) is 0 Å². The predicted octanol–water partition coefficient (Wildman–Crippen LogP) is 3.21. The number of rotatable bonds is 7. The van der Waals surface area contributed by atoms with Crippen LogP contribution in [0.2, 0.25) is 4.34 Å². The Balaban J connectivity index is 1.47. The monoisotopic (exact) mass is 483 g/mol. The molecule has 0 spiro atoms. The summed E-state index contributed by atoms with van der Waals surface area (Å²) in [4.78, 5) is 27.1. The number of amides is 1. The molecule has 13 heteroatoms. The van der Waals surface area contributed by atoms with Crippen molar-refractivity contribution in [3.8, 4) is 0 Å². The van der Waals surface area contributed by atoms with Crippen LogP contribution in [0.3, 0.4) is 0 Å². The maximum Gasteiger partial charge on any atom is 0.239 e. The number of carbonyl (C=O) groups is 1. The minimum absolute atomic E-state index is 0.0512. The van der Waals surface area contributed by atoms with Gasteiger partial charge in [-0.25, -0.2) is 19.3 Å². The number of hydrogen-bond acceptors (Lipinski definition) is 10. The largest absolute Gasteiger partial charge is 0.369 e. The summed E-state index contributed by atoms with van der Waals surface area (Å²) in [5, 5.41) is 21.3. The van der Waals surface area contributed by atoms with E-state index in [2.05, 4.69) is 30.9 Å². The van der Waals surface area contributed by atoms with E-state index in [1.165, 1.54) is 28.9 Å². The van der Waals surface area contributed by atoms with E-state index >= 15 is 0 Å². The number of halogens is 2. The molecule has 1 unspecified atom stereocenters. The van der Waals surface area contributed by atoms with Gasteiger partial charge in [0.25, 0.3) is 0 Å². The van der Waals surface area contributed by atoms with Gasteiger partial charge in [-0.2, -0.15) is 0 Å². The molecule has 3 aromatic rings. The van der Waals surface area contributed by atoms with Crippen molar-refractivity contribution in [3.63, 3.8) is 0 Å². The van der Waals surface area contributed by atoms with Crippen LogP contribution in [0.25, 0.3) is 0 Å². The first-order chi connectivity index (χ1) is 14.9. The number of hydrogen-bond donors (Lipinski definition) is 4. The van der Waals surface area contributed by atoms with Gasteiger partial charge in [0.15, 0.2) is 11.4 Å². The van der Waals surface area contributed by atoms with Gasteiger partial charge >= 0.3 is 0 Å². The molecule has 31 heavy (non-hydrogen) atoms. The molecular weight excluding hydrogens is 465 g/mol. The number of carbonyl (C=O) groups excluding carboxylic acids is 1. The summed E-state index contributed by atoms with van der Waals surface area (Å²) in [5.41, 5.74) is 0.776. The Hall–Kier alpha value is -2.54. The molecule has 164 valence electrons. The van der Waals surface area contributed by atoms with Crippen molar-refractivity contribution in [2.45, 2.75) is 19.8 Å². The summed E-state index contributed by atoms with van der Waals surface area (Å²) in [5.74, 6) is 1.67. The summed E-state index contributed by atoms with van der Waals surface area (Å²) >= 11 is 8.50. The molecule has 1 aliphatic rings. The number of aryl methyl sites for hydroxylation is 1. The first-order valence-electron chi connectivity index (χ1n) is 9.29. The summed E-state index contributed by atoms with van der Waals surface area (Å²) in [7, 11) is 0. The Morgan fingerprint density at radius 2 is 2.29 bits per heavy atom. The maximum absolute atomic E-state index is 13.1. The van der Waals surface area contributed by atoms with Crippen molar-refractivity contribution in [2.75, 3.05) is 35.2 Å². The van der Waals surface area contributed by atoms with Gasteiger partial charge in [0, 0.05) is 36.3 Å². The van der Waals surface area contributed by atoms with Crippen LogP contribution in [-0.4, -0.2) is 45.6 Å². The number of anilines is 4. The zero-order valence-electron chi connectivity index (χ0n) is 16.4. The second kappa shape index (κ2) is 9.30. The molecule has 4 heterocycles. The Morgan fingerprint density at radius 3 is 3.06 bits per heavy atom. The lowest BCUT2D eigenvalue weighted by atomic mass is 10.3. The highest BCUT2D eigenvalue weighted by molar-refractivity contribution is 7.16. The van der Waals surface area contributed by atoms with Crippen LogP contribution < -0.4 is 20.9 Å². The third kappa shape index (κ3) is 5.03. The van der Waals surface area contributed by atoms with E-state index in [1.807, 2.05) is 4.90 Å². The van der Waals surface area contributed by atoms with Crippen molar-refractivity contribution < 1.29 is 14.3 Å². The highest BCUT2D eigenvalue weighted by atomic mass is 35.5. The van der Waals surface area contributed by atoms with Crippen LogP contribution >= 0.6 is 34.3 Å². The van der Waals surface area contributed by atoms with Crippen molar-refractivity contribution in [3.05, 3.63) is 38.2 Å². The molecule has 1 fully saturated rings. The first-order valence-corrected chi connectivity index (χ1v) is 11.4. The van der Waals surface area contributed by atoms with Gasteiger partial charge < -0.3 is 26.0 Å². The number of thiazole rings is 1. The van der Waals surface area contributed by atoms with Crippen molar-refractivity contribution in [2.24, 2.45) is 0 Å². The van der Waals surface area contributed by atoms with Crippen LogP contribution in [0.15, 0.2) is 17.6 Å². The summed E-state index contributed by atoms with van der Waals surface area (Å²) < 4.78 is 13.5. The third-order valence-electron chi connectivity index (χ3n) is 4.46. The smallest absolute Gasteiger partial charge is 0.239 e. The summed E-state index contributed by atoms with van der Waals surface area (Å²) in [6.07, 6.45) is 0.421. The number of nitrogens with one attached hydrogen (secondary N) is 3. The fourth-order valence-corrected chi connectivity index (χ4v) is 4.82. The molecule has 0 aromatic carbocycles. The lowest BCUT2D eigenvalue weighted by Gasteiger charge is -2.27. The highest BCUT2D eigenvalue weighted by Gasteiger charge is 2.20. The van der Waals surface area contributed by atoms with Gasteiger partial charge in [-0.15, -0.1) is 11.3 Å². The van der Waals surface area contributed by atoms with Gasteiger partial charge in [0.2, 0.25) is 5.91 Å². The molecule has 0 aliphatic carbocycles. The van der Waals surface area contributed by atoms with Gasteiger partial charge in [0.05, 0.1) is 17.1 Å². The van der Waals surface area contributed by atoms with E-state index in [9.17, 15) is 14.3 Å². The minimum atomic E-state index is -1.10. The lowest BCUT2D eigenvalue weighted by molar-refractivity contribution is -0.120. The molecule has 1 aliphatic heterocycles. The van der Waals surface area contributed by atoms with E-state index in [4.69, 9.17) is 11.6 Å². The van der Waals surface area contributed by atoms with Gasteiger partial charge in [-0.1, -0.05) is 22.9 Å². The van der Waals surface area contributed by atoms with Crippen LogP contribution in [-0.2, 0) is 11.5 Å². The minimum Gasteiger partial charge on any atom is -0.369 e. The van der Waals surface area contributed by atoms with Crippen molar-refractivity contribution >= 4 is 62.6 Å². The summed E-state index contributed by atoms with van der Waals surface area (Å²) in [6.45, 7) is 2.55. The van der Waals surface area contributed by atoms with E-state index < -0.39 is 12.9 Å². The Morgan fingerprint density at radius 1 is 1.45 bits per heavy atom. The third-order valence-corrected chi connectivity index (χ3v) is 6.70. The second-order valence-corrected chi connectivity index (χ2v) is 9.26. The molecule has 3 aromatic heterocycles. The molecular formula is C18H19ClFN7O2S2. The van der Waals surface area contributed by atoms with E-state index in [1.54, 1.807) is 18.4 Å². The molecule has 1 atom stereocenters. The number of nitrogens with zero attached hydrogens (tertiary/aromatic N) is 4. The number of piperazine rings is 1. The fourth-order valence-electron chi connectivity index (χ4n) is 3.01. The molecule has 0 bridgehead atoms. The zero-order chi connectivity index (χ0) is 22.0.